The Morgan fingerprint density at radius 1 is 1.11 bits per heavy atom. The summed E-state index contributed by atoms with van der Waals surface area (Å²) in [6.45, 7) is 2.15. The molecule has 0 radical (unpaired) electrons. The van der Waals surface area contributed by atoms with E-state index in [1.54, 1.807) is 18.3 Å². The van der Waals surface area contributed by atoms with Gasteiger partial charge in [-0.15, -0.1) is 0 Å². The normalized spacial score (nSPS) is 10.9. The molecule has 0 saturated carbocycles. The molecule has 1 aromatic heterocycles. The highest BCUT2D eigenvalue weighted by atomic mass is 35.5. The lowest BCUT2D eigenvalue weighted by Gasteiger charge is -2.10. The summed E-state index contributed by atoms with van der Waals surface area (Å²) >= 11 is 5.84. The molecule has 0 atom stereocenters. The van der Waals surface area contributed by atoms with Gasteiger partial charge in [-0.3, -0.25) is 0 Å². The quantitative estimate of drug-likeness (QED) is 0.474. The van der Waals surface area contributed by atoms with Gasteiger partial charge in [-0.2, -0.15) is 15.0 Å². The molecule has 0 amide bonds. The summed E-state index contributed by atoms with van der Waals surface area (Å²) in [7, 11) is 0. The highest BCUT2D eigenvalue weighted by Crippen LogP contribution is 2.19. The van der Waals surface area contributed by atoms with Gasteiger partial charge in [0, 0.05) is 10.7 Å². The Hall–Kier alpha value is -3.19. The Morgan fingerprint density at radius 2 is 1.89 bits per heavy atom. The van der Waals surface area contributed by atoms with Crippen LogP contribution in [-0.4, -0.2) is 21.2 Å². The lowest BCUT2D eigenvalue weighted by Crippen LogP contribution is -2.08. The van der Waals surface area contributed by atoms with Crippen LogP contribution in [0.5, 0.6) is 0 Å². The maximum Gasteiger partial charge on any atom is 0.232 e. The molecule has 2 aromatic carbocycles. The summed E-state index contributed by atoms with van der Waals surface area (Å²) < 4.78 is 0. The van der Waals surface area contributed by atoms with Crippen molar-refractivity contribution in [3.8, 4) is 0 Å². The van der Waals surface area contributed by atoms with Crippen molar-refractivity contribution in [1.82, 2.24) is 15.0 Å². The molecule has 27 heavy (non-hydrogen) atoms. The van der Waals surface area contributed by atoms with Gasteiger partial charge in [-0.05, 0) is 35.7 Å². The van der Waals surface area contributed by atoms with Crippen LogP contribution in [-0.2, 0) is 17.9 Å². The number of hydrogen-bond donors (Lipinski definition) is 2. The summed E-state index contributed by atoms with van der Waals surface area (Å²) in [5.41, 5.74) is 8.74. The zero-order valence-corrected chi connectivity index (χ0v) is 15.5. The van der Waals surface area contributed by atoms with Crippen LogP contribution in [0.15, 0.2) is 53.7 Å². The van der Waals surface area contributed by atoms with E-state index in [1.165, 1.54) is 0 Å². The highest BCUT2D eigenvalue weighted by Gasteiger charge is 2.07. The number of anilines is 3. The van der Waals surface area contributed by atoms with Crippen molar-refractivity contribution >= 4 is 35.4 Å². The molecule has 7 nitrogen and oxygen atoms in total. The SMILES string of the molecule is CCc1ccccc1Nc1nc(N)nc(CO/N=C/c2ccc(Cl)cc2)n1. The van der Waals surface area contributed by atoms with Crippen molar-refractivity contribution in [2.75, 3.05) is 11.1 Å². The number of aromatic nitrogens is 3. The minimum Gasteiger partial charge on any atom is -0.388 e. The molecule has 0 aliphatic heterocycles. The number of nitrogen functional groups attached to an aromatic ring is 1. The molecule has 138 valence electrons. The summed E-state index contributed by atoms with van der Waals surface area (Å²) in [6, 6.07) is 15.2. The maximum absolute atomic E-state index is 5.84. The van der Waals surface area contributed by atoms with Crippen LogP contribution in [0.4, 0.5) is 17.6 Å². The van der Waals surface area contributed by atoms with E-state index in [0.717, 1.165) is 23.2 Å². The predicted molar refractivity (Wildman–Crippen MR) is 107 cm³/mol. The monoisotopic (exact) mass is 382 g/mol. The fourth-order valence-electron chi connectivity index (χ4n) is 2.37. The van der Waals surface area contributed by atoms with Crippen LogP contribution in [0.25, 0.3) is 0 Å². The first-order valence-electron chi connectivity index (χ1n) is 8.40. The second-order valence-corrected chi connectivity index (χ2v) is 6.07. The topological polar surface area (TPSA) is 98.3 Å². The Bertz CT molecular complexity index is 930. The van der Waals surface area contributed by atoms with Crippen molar-refractivity contribution in [3.05, 3.63) is 70.5 Å². The minimum absolute atomic E-state index is 0.0704. The number of nitrogens with zero attached hydrogens (tertiary/aromatic N) is 4. The molecule has 0 unspecified atom stereocenters. The molecule has 8 heteroatoms. The van der Waals surface area contributed by atoms with Crippen LogP contribution in [0.1, 0.15) is 23.9 Å². The van der Waals surface area contributed by atoms with Gasteiger partial charge in [-0.25, -0.2) is 0 Å². The van der Waals surface area contributed by atoms with E-state index in [0.29, 0.717) is 16.8 Å². The third kappa shape index (κ3) is 5.39. The first kappa shape index (κ1) is 18.6. The molecular formula is C19H19ClN6O. The maximum atomic E-state index is 5.84. The molecule has 1 heterocycles. The van der Waals surface area contributed by atoms with Gasteiger partial charge in [0.2, 0.25) is 11.9 Å². The molecular weight excluding hydrogens is 364 g/mol. The van der Waals surface area contributed by atoms with Gasteiger partial charge in [-0.1, -0.05) is 54.0 Å². The number of aryl methyl sites for hydroxylation is 1. The van der Waals surface area contributed by atoms with E-state index < -0.39 is 0 Å². The van der Waals surface area contributed by atoms with Crippen molar-refractivity contribution < 1.29 is 4.84 Å². The Labute approximate surface area is 162 Å². The van der Waals surface area contributed by atoms with Gasteiger partial charge in [0.05, 0.1) is 6.21 Å². The first-order chi connectivity index (χ1) is 13.1. The molecule has 0 aliphatic carbocycles. The molecule has 0 saturated heterocycles. The molecule has 3 rings (SSSR count). The second kappa shape index (κ2) is 8.95. The summed E-state index contributed by atoms with van der Waals surface area (Å²) in [4.78, 5) is 17.8. The van der Waals surface area contributed by atoms with E-state index >= 15 is 0 Å². The summed E-state index contributed by atoms with van der Waals surface area (Å²) in [6.07, 6.45) is 2.47. The smallest absolute Gasteiger partial charge is 0.232 e. The average molecular weight is 383 g/mol. The molecule has 0 aliphatic rings. The van der Waals surface area contributed by atoms with Gasteiger partial charge < -0.3 is 15.9 Å². The predicted octanol–water partition coefficient (Wildman–Crippen LogP) is 3.96. The fraction of sp³-hybridized carbons (Fsp3) is 0.158. The molecule has 0 fully saturated rings. The fourth-order valence-corrected chi connectivity index (χ4v) is 2.50. The second-order valence-electron chi connectivity index (χ2n) is 5.63. The largest absolute Gasteiger partial charge is 0.388 e. The van der Waals surface area contributed by atoms with E-state index in [-0.39, 0.29) is 12.6 Å². The van der Waals surface area contributed by atoms with Crippen LogP contribution in [0.3, 0.4) is 0 Å². The average Bonchev–Trinajstić information content (AvgIpc) is 2.67. The van der Waals surface area contributed by atoms with Gasteiger partial charge in [0.15, 0.2) is 12.4 Å². The van der Waals surface area contributed by atoms with E-state index in [9.17, 15) is 0 Å². The Morgan fingerprint density at radius 3 is 2.67 bits per heavy atom. The van der Waals surface area contributed by atoms with Gasteiger partial charge >= 0.3 is 0 Å². The molecule has 3 N–H and O–H groups in total. The van der Waals surface area contributed by atoms with Crippen LogP contribution >= 0.6 is 11.6 Å². The summed E-state index contributed by atoms with van der Waals surface area (Å²) in [5.74, 6) is 0.859. The third-order valence-electron chi connectivity index (χ3n) is 3.68. The number of hydrogen-bond acceptors (Lipinski definition) is 7. The highest BCUT2D eigenvalue weighted by molar-refractivity contribution is 6.30. The number of para-hydroxylation sites is 1. The van der Waals surface area contributed by atoms with Crippen molar-refractivity contribution in [1.29, 1.82) is 0 Å². The standard InChI is InChI=1S/C19H19ClN6O/c1-2-14-5-3-4-6-16(14)23-19-25-17(24-18(21)26-19)12-27-22-11-13-7-9-15(20)10-8-13/h3-11H,2,12H2,1H3,(H3,21,23,24,25,26)/b22-11+. The zero-order valence-electron chi connectivity index (χ0n) is 14.8. The summed E-state index contributed by atoms with van der Waals surface area (Å²) in [5, 5.41) is 7.75. The van der Waals surface area contributed by atoms with E-state index in [1.807, 2.05) is 36.4 Å². The van der Waals surface area contributed by atoms with E-state index in [4.69, 9.17) is 22.2 Å². The third-order valence-corrected chi connectivity index (χ3v) is 3.94. The Kier molecular flexibility index (Phi) is 6.17. The number of nitrogens with two attached hydrogens (primary N) is 1. The van der Waals surface area contributed by atoms with Gasteiger partial charge in [0.1, 0.15) is 0 Å². The number of halogens is 1. The Balaban J connectivity index is 1.65. The van der Waals surface area contributed by atoms with E-state index in [2.05, 4.69) is 32.3 Å². The first-order valence-corrected chi connectivity index (χ1v) is 8.78. The lowest BCUT2D eigenvalue weighted by molar-refractivity contribution is 0.126. The zero-order chi connectivity index (χ0) is 19.1. The van der Waals surface area contributed by atoms with Gasteiger partial charge in [0.25, 0.3) is 0 Å². The minimum atomic E-state index is 0.0704. The number of oxime groups is 1. The number of benzene rings is 2. The van der Waals surface area contributed by atoms with Crippen LogP contribution in [0, 0.1) is 0 Å². The number of rotatable bonds is 7. The van der Waals surface area contributed by atoms with Crippen LogP contribution in [0.2, 0.25) is 5.02 Å². The lowest BCUT2D eigenvalue weighted by atomic mass is 10.1. The van der Waals surface area contributed by atoms with Crippen molar-refractivity contribution in [2.24, 2.45) is 5.16 Å². The molecule has 0 bridgehead atoms. The molecule has 0 spiro atoms. The molecule has 3 aromatic rings. The number of nitrogens with one attached hydrogen (secondary N) is 1. The van der Waals surface area contributed by atoms with Crippen molar-refractivity contribution in [3.63, 3.8) is 0 Å². The van der Waals surface area contributed by atoms with Crippen molar-refractivity contribution in [2.45, 2.75) is 20.0 Å². The van der Waals surface area contributed by atoms with Crippen LogP contribution < -0.4 is 11.1 Å².